The second-order valence-corrected chi connectivity index (χ2v) is 3.72. The van der Waals surface area contributed by atoms with E-state index in [4.69, 9.17) is 0 Å². The first-order valence-corrected chi connectivity index (χ1v) is 5.35. The summed E-state index contributed by atoms with van der Waals surface area (Å²) in [6, 6.07) is 7.19. The summed E-state index contributed by atoms with van der Waals surface area (Å²) in [4.78, 5) is 8.04. The van der Waals surface area contributed by atoms with Gasteiger partial charge in [-0.05, 0) is 25.1 Å². The Labute approximate surface area is 107 Å². The smallest absolute Gasteiger partial charge is 0.406 e. The molecular formula is C12H10F3N3O. The third-order valence-electron chi connectivity index (χ3n) is 2.12. The molecule has 2 rings (SSSR count). The maximum absolute atomic E-state index is 12.1. The average Bonchev–Trinajstić information content (AvgIpc) is 2.27. The molecule has 0 atom stereocenters. The standard InChI is InChI=1S/C12H10F3N3O/c1-8-5-6-16-11(17-8)18-9-3-2-4-10(7-9)19-12(13,14)15/h2-7H,1H3,(H,16,17,18). The molecule has 0 aliphatic carbocycles. The highest BCUT2D eigenvalue weighted by Gasteiger charge is 2.31. The maximum atomic E-state index is 12.1. The van der Waals surface area contributed by atoms with Gasteiger partial charge in [0.1, 0.15) is 5.75 Å². The van der Waals surface area contributed by atoms with Crippen LogP contribution in [-0.4, -0.2) is 16.3 Å². The van der Waals surface area contributed by atoms with Crippen LogP contribution in [0.2, 0.25) is 0 Å². The molecule has 7 heteroatoms. The van der Waals surface area contributed by atoms with E-state index in [0.717, 1.165) is 5.69 Å². The lowest BCUT2D eigenvalue weighted by Gasteiger charge is -2.10. The normalized spacial score (nSPS) is 11.2. The first kappa shape index (κ1) is 13.1. The molecule has 2 aromatic rings. The van der Waals surface area contributed by atoms with Crippen molar-refractivity contribution >= 4 is 11.6 Å². The Balaban J connectivity index is 2.15. The lowest BCUT2D eigenvalue weighted by atomic mass is 10.3. The fraction of sp³-hybridized carbons (Fsp3) is 0.167. The predicted molar refractivity (Wildman–Crippen MR) is 63.2 cm³/mol. The van der Waals surface area contributed by atoms with Crippen LogP contribution >= 0.6 is 0 Å². The summed E-state index contributed by atoms with van der Waals surface area (Å²) >= 11 is 0. The largest absolute Gasteiger partial charge is 0.573 e. The Morgan fingerprint density at radius 2 is 2.00 bits per heavy atom. The molecular weight excluding hydrogens is 259 g/mol. The zero-order chi connectivity index (χ0) is 13.9. The highest BCUT2D eigenvalue weighted by Crippen LogP contribution is 2.25. The van der Waals surface area contributed by atoms with Crippen LogP contribution < -0.4 is 10.1 Å². The Morgan fingerprint density at radius 3 is 2.68 bits per heavy atom. The van der Waals surface area contributed by atoms with E-state index >= 15 is 0 Å². The molecule has 0 aliphatic rings. The molecule has 19 heavy (non-hydrogen) atoms. The van der Waals surface area contributed by atoms with Gasteiger partial charge in [0.05, 0.1) is 0 Å². The quantitative estimate of drug-likeness (QED) is 0.927. The van der Waals surface area contributed by atoms with Gasteiger partial charge in [0.15, 0.2) is 0 Å². The lowest BCUT2D eigenvalue weighted by Crippen LogP contribution is -2.17. The third-order valence-corrected chi connectivity index (χ3v) is 2.12. The summed E-state index contributed by atoms with van der Waals surface area (Å²) in [6.45, 7) is 1.79. The summed E-state index contributed by atoms with van der Waals surface area (Å²) in [5.74, 6) is 0.00862. The van der Waals surface area contributed by atoms with Crippen molar-refractivity contribution in [3.8, 4) is 5.75 Å². The number of benzene rings is 1. The first-order chi connectivity index (χ1) is 8.92. The number of aryl methyl sites for hydroxylation is 1. The fourth-order valence-corrected chi connectivity index (χ4v) is 1.41. The molecule has 1 aromatic heterocycles. The van der Waals surface area contributed by atoms with E-state index in [1.165, 1.54) is 18.2 Å². The Morgan fingerprint density at radius 1 is 1.21 bits per heavy atom. The van der Waals surface area contributed by atoms with Crippen molar-refractivity contribution in [3.05, 3.63) is 42.2 Å². The molecule has 0 bridgehead atoms. The van der Waals surface area contributed by atoms with Crippen molar-refractivity contribution in [2.45, 2.75) is 13.3 Å². The molecule has 0 saturated heterocycles. The Hall–Kier alpha value is -2.31. The number of ether oxygens (including phenoxy) is 1. The van der Waals surface area contributed by atoms with Crippen molar-refractivity contribution in [3.63, 3.8) is 0 Å². The molecule has 100 valence electrons. The molecule has 0 fully saturated rings. The van der Waals surface area contributed by atoms with Crippen LogP contribution in [0, 0.1) is 6.92 Å². The zero-order valence-electron chi connectivity index (χ0n) is 9.90. The number of hydrogen-bond acceptors (Lipinski definition) is 4. The number of nitrogens with one attached hydrogen (secondary N) is 1. The maximum Gasteiger partial charge on any atom is 0.573 e. The van der Waals surface area contributed by atoms with E-state index < -0.39 is 6.36 Å². The van der Waals surface area contributed by atoms with Crippen LogP contribution in [0.4, 0.5) is 24.8 Å². The second-order valence-electron chi connectivity index (χ2n) is 3.72. The first-order valence-electron chi connectivity index (χ1n) is 5.35. The van der Waals surface area contributed by atoms with Gasteiger partial charge in [-0.2, -0.15) is 0 Å². The molecule has 1 N–H and O–H groups in total. The molecule has 0 unspecified atom stereocenters. The van der Waals surface area contributed by atoms with Crippen LogP contribution in [0.5, 0.6) is 5.75 Å². The van der Waals surface area contributed by atoms with Crippen LogP contribution in [0.1, 0.15) is 5.69 Å². The summed E-state index contributed by atoms with van der Waals surface area (Å²) in [5, 5.41) is 2.80. The zero-order valence-corrected chi connectivity index (χ0v) is 9.90. The van der Waals surface area contributed by atoms with E-state index in [0.29, 0.717) is 11.6 Å². The van der Waals surface area contributed by atoms with Gasteiger partial charge >= 0.3 is 6.36 Å². The van der Waals surface area contributed by atoms with Crippen molar-refractivity contribution in [1.82, 2.24) is 9.97 Å². The van der Waals surface area contributed by atoms with E-state index in [1.54, 1.807) is 25.3 Å². The minimum Gasteiger partial charge on any atom is -0.406 e. The van der Waals surface area contributed by atoms with Crippen LogP contribution in [0.15, 0.2) is 36.5 Å². The van der Waals surface area contributed by atoms with Crippen molar-refractivity contribution < 1.29 is 17.9 Å². The van der Waals surface area contributed by atoms with E-state index in [1.807, 2.05) is 0 Å². The molecule has 0 spiro atoms. The number of alkyl halides is 3. The molecule has 4 nitrogen and oxygen atoms in total. The number of aromatic nitrogens is 2. The summed E-state index contributed by atoms with van der Waals surface area (Å²) in [7, 11) is 0. The van der Waals surface area contributed by atoms with Crippen molar-refractivity contribution in [2.75, 3.05) is 5.32 Å². The average molecular weight is 269 g/mol. The summed E-state index contributed by atoms with van der Waals surface area (Å²) < 4.78 is 40.1. The van der Waals surface area contributed by atoms with Gasteiger partial charge < -0.3 is 10.1 Å². The van der Waals surface area contributed by atoms with Crippen molar-refractivity contribution in [2.24, 2.45) is 0 Å². The highest BCUT2D eigenvalue weighted by atomic mass is 19.4. The summed E-state index contributed by atoms with van der Waals surface area (Å²) in [6.07, 6.45) is -3.15. The Bertz CT molecular complexity index is 572. The molecule has 0 aliphatic heterocycles. The highest BCUT2D eigenvalue weighted by molar-refractivity contribution is 5.55. The number of rotatable bonds is 3. The lowest BCUT2D eigenvalue weighted by molar-refractivity contribution is -0.274. The van der Waals surface area contributed by atoms with E-state index in [2.05, 4.69) is 20.0 Å². The van der Waals surface area contributed by atoms with Gasteiger partial charge in [0, 0.05) is 23.6 Å². The minimum absolute atomic E-state index is 0.301. The van der Waals surface area contributed by atoms with Crippen molar-refractivity contribution in [1.29, 1.82) is 0 Å². The number of anilines is 2. The third kappa shape index (κ3) is 4.13. The SMILES string of the molecule is Cc1ccnc(Nc2cccc(OC(F)(F)F)c2)n1. The van der Waals surface area contributed by atoms with Gasteiger partial charge in [-0.25, -0.2) is 9.97 Å². The molecule has 0 amide bonds. The van der Waals surface area contributed by atoms with Crippen LogP contribution in [0.3, 0.4) is 0 Å². The fourth-order valence-electron chi connectivity index (χ4n) is 1.41. The predicted octanol–water partition coefficient (Wildman–Crippen LogP) is 3.43. The monoisotopic (exact) mass is 269 g/mol. The topological polar surface area (TPSA) is 47.0 Å². The van der Waals surface area contributed by atoms with Gasteiger partial charge in [-0.1, -0.05) is 6.07 Å². The van der Waals surface area contributed by atoms with Gasteiger partial charge in [0.2, 0.25) is 5.95 Å². The molecule has 1 heterocycles. The van der Waals surface area contributed by atoms with Crippen LogP contribution in [-0.2, 0) is 0 Å². The van der Waals surface area contributed by atoms with Gasteiger partial charge in [0.25, 0.3) is 0 Å². The molecule has 0 saturated carbocycles. The van der Waals surface area contributed by atoms with Crippen LogP contribution in [0.25, 0.3) is 0 Å². The van der Waals surface area contributed by atoms with Gasteiger partial charge in [-0.3, -0.25) is 0 Å². The van der Waals surface area contributed by atoms with E-state index in [-0.39, 0.29) is 5.75 Å². The van der Waals surface area contributed by atoms with Gasteiger partial charge in [-0.15, -0.1) is 13.2 Å². The molecule has 0 radical (unpaired) electrons. The number of nitrogens with zero attached hydrogens (tertiary/aromatic N) is 2. The second kappa shape index (κ2) is 5.13. The Kier molecular flexibility index (Phi) is 3.55. The summed E-state index contributed by atoms with van der Waals surface area (Å²) in [5.41, 5.74) is 1.16. The number of hydrogen-bond donors (Lipinski definition) is 1. The molecule has 1 aromatic carbocycles. The minimum atomic E-state index is -4.71. The number of halogens is 3. The van der Waals surface area contributed by atoms with E-state index in [9.17, 15) is 13.2 Å².